The van der Waals surface area contributed by atoms with Gasteiger partial charge in [-0.25, -0.2) is 0 Å². The highest BCUT2D eigenvalue weighted by Gasteiger charge is 2.31. The Bertz CT molecular complexity index is 1330. The Balaban J connectivity index is 1.79. The highest BCUT2D eigenvalue weighted by Crippen LogP contribution is 2.32. The molecule has 4 rings (SSSR count). The minimum Gasteiger partial charge on any atom is -0.289 e. The van der Waals surface area contributed by atoms with Gasteiger partial charge in [0.1, 0.15) is 11.4 Å². The van der Waals surface area contributed by atoms with E-state index in [9.17, 15) is 25.0 Å². The molecule has 0 atom stereocenters. The summed E-state index contributed by atoms with van der Waals surface area (Å²) in [7, 11) is 0. The first-order valence-corrected chi connectivity index (χ1v) is 9.61. The van der Waals surface area contributed by atoms with Crippen molar-refractivity contribution in [2.75, 3.05) is 5.43 Å². The normalized spacial score (nSPS) is 15.1. The number of halogens is 1. The molecule has 0 radical (unpaired) electrons. The Kier molecular flexibility index (Phi) is 5.48. The van der Waals surface area contributed by atoms with Crippen molar-refractivity contribution in [3.8, 4) is 0 Å². The van der Waals surface area contributed by atoms with Crippen molar-refractivity contribution in [2.45, 2.75) is 0 Å². The van der Waals surface area contributed by atoms with Gasteiger partial charge >= 0.3 is 5.69 Å². The van der Waals surface area contributed by atoms with Gasteiger partial charge in [-0.05, 0) is 29.8 Å². The molecule has 9 nitrogen and oxygen atoms in total. The van der Waals surface area contributed by atoms with Gasteiger partial charge < -0.3 is 0 Å². The number of benzene rings is 3. The molecule has 0 amide bonds. The van der Waals surface area contributed by atoms with E-state index in [1.165, 1.54) is 6.07 Å². The first-order valence-electron chi connectivity index (χ1n) is 9.23. The number of allylic oxidation sites excluding steroid dienone is 1. The number of hydrogen-bond acceptors (Lipinski definition) is 7. The lowest BCUT2D eigenvalue weighted by atomic mass is 10.1. The fourth-order valence-corrected chi connectivity index (χ4v) is 3.39. The van der Waals surface area contributed by atoms with E-state index in [2.05, 4.69) is 10.5 Å². The molecule has 0 unspecified atom stereocenters. The molecule has 32 heavy (non-hydrogen) atoms. The summed E-state index contributed by atoms with van der Waals surface area (Å²) in [6, 6.07) is 16.9. The first kappa shape index (κ1) is 20.9. The van der Waals surface area contributed by atoms with Crippen LogP contribution in [0.2, 0.25) is 5.02 Å². The van der Waals surface area contributed by atoms with Crippen LogP contribution in [0, 0.1) is 20.2 Å². The molecule has 10 heteroatoms. The van der Waals surface area contributed by atoms with Gasteiger partial charge in [0.25, 0.3) is 5.69 Å². The maximum atomic E-state index is 13.0. The number of ketones is 1. The van der Waals surface area contributed by atoms with Gasteiger partial charge in [0.05, 0.1) is 21.5 Å². The van der Waals surface area contributed by atoms with Crippen LogP contribution >= 0.6 is 11.6 Å². The van der Waals surface area contributed by atoms with Crippen LogP contribution < -0.4 is 5.43 Å². The molecule has 0 spiro atoms. The predicted octanol–water partition coefficient (Wildman–Crippen LogP) is 5.25. The lowest BCUT2D eigenvalue weighted by molar-refractivity contribution is -0.393. The molecule has 158 valence electrons. The minimum absolute atomic E-state index is 0.0456. The third kappa shape index (κ3) is 3.96. The smallest absolute Gasteiger partial charge is 0.289 e. The molecular weight excluding hydrogens is 436 g/mol. The second-order valence-electron chi connectivity index (χ2n) is 6.77. The van der Waals surface area contributed by atoms with Crippen LogP contribution in [0.3, 0.4) is 0 Å². The Morgan fingerprint density at radius 1 is 0.906 bits per heavy atom. The van der Waals surface area contributed by atoms with Crippen LogP contribution in [0.25, 0.3) is 6.08 Å². The van der Waals surface area contributed by atoms with Crippen molar-refractivity contribution < 1.29 is 14.6 Å². The number of non-ortho nitro benzene ring substituents is 1. The van der Waals surface area contributed by atoms with Crippen molar-refractivity contribution >= 4 is 46.2 Å². The molecule has 1 N–H and O–H groups in total. The van der Waals surface area contributed by atoms with Gasteiger partial charge in [-0.1, -0.05) is 48.0 Å². The number of rotatable bonds is 5. The number of nitrogens with zero attached hydrogens (tertiary/aromatic N) is 3. The average molecular weight is 449 g/mol. The molecule has 0 saturated carbocycles. The average Bonchev–Trinajstić information content (AvgIpc) is 3.04. The van der Waals surface area contributed by atoms with Gasteiger partial charge in [0, 0.05) is 22.2 Å². The van der Waals surface area contributed by atoms with E-state index in [1.54, 1.807) is 54.6 Å². The lowest BCUT2D eigenvalue weighted by Crippen LogP contribution is -2.06. The molecule has 0 heterocycles. The monoisotopic (exact) mass is 448 g/mol. The number of fused-ring (bicyclic) bond motifs is 1. The summed E-state index contributed by atoms with van der Waals surface area (Å²) in [6.45, 7) is 0. The highest BCUT2D eigenvalue weighted by atomic mass is 35.5. The van der Waals surface area contributed by atoms with Gasteiger partial charge in [-0.15, -0.1) is 0 Å². The quantitative estimate of drug-likeness (QED) is 0.322. The largest absolute Gasteiger partial charge is 0.301 e. The predicted molar refractivity (Wildman–Crippen MR) is 120 cm³/mol. The fourth-order valence-electron chi connectivity index (χ4n) is 3.26. The zero-order valence-electron chi connectivity index (χ0n) is 16.2. The fraction of sp³-hybridized carbons (Fsp3) is 0. The third-order valence-corrected chi connectivity index (χ3v) is 5.04. The van der Waals surface area contributed by atoms with Gasteiger partial charge in [0.2, 0.25) is 0 Å². The Labute approximate surface area is 185 Å². The molecule has 0 aromatic heterocycles. The van der Waals surface area contributed by atoms with Crippen LogP contribution in [-0.4, -0.2) is 21.3 Å². The Hall–Kier alpha value is -4.37. The maximum Gasteiger partial charge on any atom is 0.301 e. The number of carbonyl (C=O) groups excluding carboxylic acids is 1. The summed E-state index contributed by atoms with van der Waals surface area (Å²) < 4.78 is 0. The topological polar surface area (TPSA) is 128 Å². The second kappa shape index (κ2) is 8.40. The number of hydrogen-bond donors (Lipinski definition) is 1. The summed E-state index contributed by atoms with van der Waals surface area (Å²) in [5, 5.41) is 27.2. The number of hydrazone groups is 1. The SMILES string of the molecule is O=C1C(=C/c2ccc(Cl)cc2)/C(=N/Nc2ccc([N+](=O)[O-])cc2[N+](=O)[O-])c2ccccc21. The van der Waals surface area contributed by atoms with E-state index in [0.29, 0.717) is 27.4 Å². The number of anilines is 1. The van der Waals surface area contributed by atoms with E-state index in [-0.39, 0.29) is 11.5 Å². The molecule has 1 aliphatic carbocycles. The number of nitro benzene ring substituents is 2. The minimum atomic E-state index is -0.742. The molecule has 0 saturated heterocycles. The van der Waals surface area contributed by atoms with Crippen molar-refractivity contribution in [3.63, 3.8) is 0 Å². The summed E-state index contributed by atoms with van der Waals surface area (Å²) in [4.78, 5) is 33.9. The van der Waals surface area contributed by atoms with E-state index < -0.39 is 21.2 Å². The van der Waals surface area contributed by atoms with Crippen LogP contribution in [0.15, 0.2) is 77.4 Å². The number of Topliss-reactive ketones (excluding diaryl/α,β-unsaturated/α-hetero) is 1. The standard InChI is InChI=1S/C22H13ClN4O5/c23-14-7-5-13(6-8-14)11-18-21(16-3-1-2-4-17(16)22(18)28)25-24-19-10-9-15(26(29)30)12-20(19)27(31)32/h1-12,24H/b18-11+,25-21+. The molecular formula is C22H13ClN4O5. The first-order chi connectivity index (χ1) is 15.3. The van der Waals surface area contributed by atoms with E-state index >= 15 is 0 Å². The van der Waals surface area contributed by atoms with Crippen LogP contribution in [0.5, 0.6) is 0 Å². The highest BCUT2D eigenvalue weighted by molar-refractivity contribution is 6.43. The zero-order chi connectivity index (χ0) is 22.8. The van der Waals surface area contributed by atoms with Gasteiger partial charge in [-0.2, -0.15) is 5.10 Å². The lowest BCUT2D eigenvalue weighted by Gasteiger charge is -2.05. The van der Waals surface area contributed by atoms with E-state index in [4.69, 9.17) is 11.6 Å². The van der Waals surface area contributed by atoms with Crippen molar-refractivity contribution in [1.82, 2.24) is 0 Å². The third-order valence-electron chi connectivity index (χ3n) is 4.78. The summed E-state index contributed by atoms with van der Waals surface area (Å²) in [5.41, 5.74) is 3.96. The summed E-state index contributed by atoms with van der Waals surface area (Å²) in [5.74, 6) is -0.241. The van der Waals surface area contributed by atoms with Gasteiger partial charge in [0.15, 0.2) is 5.78 Å². The molecule has 3 aromatic carbocycles. The molecule has 3 aromatic rings. The number of carbonyl (C=O) groups is 1. The molecule has 0 fully saturated rings. The zero-order valence-corrected chi connectivity index (χ0v) is 16.9. The van der Waals surface area contributed by atoms with Crippen LogP contribution in [0.4, 0.5) is 17.1 Å². The van der Waals surface area contributed by atoms with Crippen molar-refractivity contribution in [2.24, 2.45) is 5.10 Å². The Morgan fingerprint density at radius 3 is 2.25 bits per heavy atom. The summed E-state index contributed by atoms with van der Waals surface area (Å²) >= 11 is 5.93. The van der Waals surface area contributed by atoms with E-state index in [1.807, 2.05) is 0 Å². The van der Waals surface area contributed by atoms with Crippen molar-refractivity contribution in [1.29, 1.82) is 0 Å². The van der Waals surface area contributed by atoms with E-state index in [0.717, 1.165) is 17.7 Å². The maximum absolute atomic E-state index is 13.0. The number of nitro groups is 2. The van der Waals surface area contributed by atoms with Gasteiger partial charge in [-0.3, -0.25) is 30.4 Å². The van der Waals surface area contributed by atoms with Crippen molar-refractivity contribution in [3.05, 3.63) is 114 Å². The Morgan fingerprint density at radius 2 is 1.59 bits per heavy atom. The summed E-state index contributed by atoms with van der Waals surface area (Å²) in [6.07, 6.45) is 1.66. The van der Waals surface area contributed by atoms with Crippen LogP contribution in [-0.2, 0) is 0 Å². The van der Waals surface area contributed by atoms with Crippen LogP contribution in [0.1, 0.15) is 21.5 Å². The molecule has 1 aliphatic rings. The number of nitrogens with one attached hydrogen (secondary N) is 1. The molecule has 0 bridgehead atoms. The second-order valence-corrected chi connectivity index (χ2v) is 7.21. The molecule has 0 aliphatic heterocycles.